The Labute approximate surface area is 161 Å². The molecular formula is C20H18ClN3O3. The molecule has 0 saturated heterocycles. The predicted molar refractivity (Wildman–Crippen MR) is 105 cm³/mol. The van der Waals surface area contributed by atoms with Crippen LogP contribution in [0.3, 0.4) is 0 Å². The number of furan rings is 1. The summed E-state index contributed by atoms with van der Waals surface area (Å²) in [5, 5.41) is 8.98. The topological polar surface area (TPSA) is 83.4 Å². The lowest BCUT2D eigenvalue weighted by Crippen LogP contribution is -2.23. The van der Waals surface area contributed by atoms with E-state index in [2.05, 4.69) is 16.0 Å². The van der Waals surface area contributed by atoms with Crippen LogP contribution < -0.4 is 16.0 Å². The fourth-order valence-electron chi connectivity index (χ4n) is 2.39. The Balaban J connectivity index is 1.53. The molecule has 3 aromatic rings. The van der Waals surface area contributed by atoms with E-state index in [1.165, 1.54) is 0 Å². The van der Waals surface area contributed by atoms with Crippen molar-refractivity contribution in [2.45, 2.75) is 6.54 Å². The molecule has 27 heavy (non-hydrogen) atoms. The first-order valence-corrected chi connectivity index (χ1v) is 8.68. The molecule has 138 valence electrons. The molecule has 3 rings (SSSR count). The fraction of sp³-hybridized carbons (Fsp3) is 0.100. The van der Waals surface area contributed by atoms with E-state index in [1.54, 1.807) is 66.9 Å². The van der Waals surface area contributed by atoms with Crippen LogP contribution in [-0.4, -0.2) is 18.4 Å². The van der Waals surface area contributed by atoms with Gasteiger partial charge in [0.15, 0.2) is 0 Å². The van der Waals surface area contributed by atoms with E-state index >= 15 is 0 Å². The summed E-state index contributed by atoms with van der Waals surface area (Å²) < 4.78 is 5.18. The van der Waals surface area contributed by atoms with Gasteiger partial charge in [-0.25, -0.2) is 0 Å². The summed E-state index contributed by atoms with van der Waals surface area (Å²) in [6.45, 7) is 0.354. The maximum absolute atomic E-state index is 12.2. The molecule has 1 heterocycles. The zero-order valence-corrected chi connectivity index (χ0v) is 15.1. The van der Waals surface area contributed by atoms with Crippen LogP contribution in [-0.2, 0) is 11.3 Å². The van der Waals surface area contributed by atoms with Crippen LogP contribution in [0.15, 0.2) is 71.3 Å². The van der Waals surface area contributed by atoms with Crippen LogP contribution in [0.4, 0.5) is 11.4 Å². The maximum atomic E-state index is 12.2. The minimum atomic E-state index is -0.240. The van der Waals surface area contributed by atoms with E-state index < -0.39 is 0 Å². The molecule has 0 fully saturated rings. The van der Waals surface area contributed by atoms with Crippen LogP contribution in [0.25, 0.3) is 0 Å². The van der Waals surface area contributed by atoms with Crippen molar-refractivity contribution >= 4 is 34.8 Å². The van der Waals surface area contributed by atoms with Crippen LogP contribution in [0, 0.1) is 0 Å². The van der Waals surface area contributed by atoms with Gasteiger partial charge in [0.1, 0.15) is 5.76 Å². The first-order valence-electron chi connectivity index (χ1n) is 8.31. The van der Waals surface area contributed by atoms with Gasteiger partial charge >= 0.3 is 0 Å². The molecule has 0 aliphatic rings. The fourth-order valence-corrected chi connectivity index (χ4v) is 2.58. The molecule has 3 N–H and O–H groups in total. The second-order valence-electron chi connectivity index (χ2n) is 5.72. The van der Waals surface area contributed by atoms with Crippen LogP contribution in [0.2, 0.25) is 5.02 Å². The van der Waals surface area contributed by atoms with Gasteiger partial charge in [-0.3, -0.25) is 9.59 Å². The Hall–Kier alpha value is -3.25. The number of benzene rings is 2. The molecule has 0 radical (unpaired) electrons. The van der Waals surface area contributed by atoms with Gasteiger partial charge in [-0.1, -0.05) is 29.8 Å². The molecule has 6 nitrogen and oxygen atoms in total. The van der Waals surface area contributed by atoms with Crippen molar-refractivity contribution < 1.29 is 14.0 Å². The third-order valence-electron chi connectivity index (χ3n) is 3.73. The van der Waals surface area contributed by atoms with Gasteiger partial charge in [-0.15, -0.1) is 0 Å². The highest BCUT2D eigenvalue weighted by atomic mass is 35.5. The lowest BCUT2D eigenvalue weighted by atomic mass is 10.2. The van der Waals surface area contributed by atoms with Gasteiger partial charge in [-0.05, 0) is 42.5 Å². The second kappa shape index (κ2) is 8.91. The van der Waals surface area contributed by atoms with E-state index in [0.717, 1.165) is 0 Å². The summed E-state index contributed by atoms with van der Waals surface area (Å²) >= 11 is 6.02. The van der Waals surface area contributed by atoms with Gasteiger partial charge in [0.25, 0.3) is 5.91 Å². The lowest BCUT2D eigenvalue weighted by Gasteiger charge is -2.10. The average Bonchev–Trinajstić information content (AvgIpc) is 3.20. The Kier molecular flexibility index (Phi) is 6.12. The Morgan fingerprint density at radius 1 is 1.00 bits per heavy atom. The van der Waals surface area contributed by atoms with Crippen molar-refractivity contribution in [1.82, 2.24) is 5.32 Å². The van der Waals surface area contributed by atoms with E-state index in [1.807, 2.05) is 0 Å². The Morgan fingerprint density at radius 2 is 1.85 bits per heavy atom. The predicted octanol–water partition coefficient (Wildman–Crippen LogP) is 3.91. The van der Waals surface area contributed by atoms with Gasteiger partial charge in [-0.2, -0.15) is 0 Å². The van der Waals surface area contributed by atoms with Crippen molar-refractivity contribution in [1.29, 1.82) is 0 Å². The molecule has 0 aliphatic heterocycles. The van der Waals surface area contributed by atoms with Crippen molar-refractivity contribution in [3.05, 3.63) is 83.3 Å². The van der Waals surface area contributed by atoms with Crippen molar-refractivity contribution in [2.75, 3.05) is 17.2 Å². The largest absolute Gasteiger partial charge is 0.467 e. The minimum Gasteiger partial charge on any atom is -0.467 e. The summed E-state index contributed by atoms with van der Waals surface area (Å²) in [6.07, 6.45) is 1.56. The van der Waals surface area contributed by atoms with Crippen LogP contribution in [0.5, 0.6) is 0 Å². The molecule has 0 bridgehead atoms. The lowest BCUT2D eigenvalue weighted by molar-refractivity contribution is -0.114. The van der Waals surface area contributed by atoms with E-state index in [-0.39, 0.29) is 18.4 Å². The molecule has 2 aromatic carbocycles. The number of para-hydroxylation sites is 1. The number of carbonyl (C=O) groups excluding carboxylic acids is 2. The first kappa shape index (κ1) is 18.5. The molecule has 0 spiro atoms. The molecular weight excluding hydrogens is 366 g/mol. The van der Waals surface area contributed by atoms with Crippen molar-refractivity contribution in [3.8, 4) is 0 Å². The Bertz CT molecular complexity index is 926. The molecule has 1 aromatic heterocycles. The SMILES string of the molecule is O=C(CNc1cccc(C(=O)NCc2ccco2)c1)Nc1ccccc1Cl. The molecule has 7 heteroatoms. The number of nitrogens with one attached hydrogen (secondary N) is 3. The summed E-state index contributed by atoms with van der Waals surface area (Å²) in [7, 11) is 0. The number of halogens is 1. The van der Waals surface area contributed by atoms with Gasteiger partial charge < -0.3 is 20.4 Å². The minimum absolute atomic E-state index is 0.0443. The molecule has 0 atom stereocenters. The zero-order chi connectivity index (χ0) is 19.1. The number of anilines is 2. The molecule has 0 saturated carbocycles. The van der Waals surface area contributed by atoms with Crippen molar-refractivity contribution in [3.63, 3.8) is 0 Å². The first-order chi connectivity index (χ1) is 13.1. The zero-order valence-electron chi connectivity index (χ0n) is 14.4. The van der Waals surface area contributed by atoms with Gasteiger partial charge in [0.2, 0.25) is 5.91 Å². The number of rotatable bonds is 7. The van der Waals surface area contributed by atoms with E-state index in [0.29, 0.717) is 34.3 Å². The normalized spacial score (nSPS) is 10.3. The van der Waals surface area contributed by atoms with E-state index in [4.69, 9.17) is 16.0 Å². The number of hydrogen-bond donors (Lipinski definition) is 3. The van der Waals surface area contributed by atoms with Gasteiger partial charge in [0, 0.05) is 11.3 Å². The standard InChI is InChI=1S/C20H18ClN3O3/c21-17-8-1-2-9-18(17)24-19(25)13-22-15-6-3-5-14(11-15)20(26)23-12-16-7-4-10-27-16/h1-11,22H,12-13H2,(H,23,26)(H,24,25). The van der Waals surface area contributed by atoms with Crippen LogP contribution in [0.1, 0.15) is 16.1 Å². The van der Waals surface area contributed by atoms with Crippen molar-refractivity contribution in [2.24, 2.45) is 0 Å². The summed E-state index contributed by atoms with van der Waals surface area (Å²) in [5.41, 5.74) is 1.70. The van der Waals surface area contributed by atoms with Gasteiger partial charge in [0.05, 0.1) is 30.1 Å². The third kappa shape index (κ3) is 5.36. The highest BCUT2D eigenvalue weighted by molar-refractivity contribution is 6.33. The number of amides is 2. The Morgan fingerprint density at radius 3 is 2.63 bits per heavy atom. The quantitative estimate of drug-likeness (QED) is 0.577. The summed E-state index contributed by atoms with van der Waals surface area (Å²) in [4.78, 5) is 24.3. The molecule has 2 amide bonds. The number of hydrogen-bond acceptors (Lipinski definition) is 4. The second-order valence-corrected chi connectivity index (χ2v) is 6.13. The maximum Gasteiger partial charge on any atom is 0.251 e. The summed E-state index contributed by atoms with van der Waals surface area (Å²) in [6, 6.07) is 17.5. The monoisotopic (exact) mass is 383 g/mol. The van der Waals surface area contributed by atoms with E-state index in [9.17, 15) is 9.59 Å². The molecule has 0 unspecified atom stereocenters. The highest BCUT2D eigenvalue weighted by Crippen LogP contribution is 2.20. The highest BCUT2D eigenvalue weighted by Gasteiger charge is 2.08. The molecule has 0 aliphatic carbocycles. The van der Waals surface area contributed by atoms with Crippen LogP contribution >= 0.6 is 11.6 Å². The smallest absolute Gasteiger partial charge is 0.251 e. The summed E-state index contributed by atoms with van der Waals surface area (Å²) in [5.74, 6) is 0.209. The third-order valence-corrected chi connectivity index (χ3v) is 4.06. The average molecular weight is 384 g/mol. The number of carbonyl (C=O) groups is 2.